The molecule has 0 unspecified atom stereocenters. The topological polar surface area (TPSA) is 163 Å². The third kappa shape index (κ3) is 8.92. The van der Waals surface area contributed by atoms with E-state index in [9.17, 15) is 31.1 Å². The summed E-state index contributed by atoms with van der Waals surface area (Å²) in [5.41, 5.74) is 9.01. The fraction of sp³-hybridized carbons (Fsp3) is 0.364. The molecule has 218 valence electrons. The summed E-state index contributed by atoms with van der Waals surface area (Å²) < 4.78 is 64.5. The predicted molar refractivity (Wildman–Crippen MR) is 131 cm³/mol. The lowest BCUT2D eigenvalue weighted by Crippen LogP contribution is -2.49. The van der Waals surface area contributed by atoms with E-state index in [1.165, 1.54) is 11.3 Å². The highest BCUT2D eigenvalue weighted by Gasteiger charge is 2.38. The second kappa shape index (κ2) is 12.8. The number of nitrogen functional groups attached to an aromatic ring is 1. The van der Waals surface area contributed by atoms with Crippen molar-refractivity contribution in [3.63, 3.8) is 0 Å². The van der Waals surface area contributed by atoms with Gasteiger partial charge in [0.2, 0.25) is 0 Å². The van der Waals surface area contributed by atoms with Crippen LogP contribution in [0.15, 0.2) is 24.4 Å². The SMILES string of the molecule is Cc1cnc(C)c(N2CCN(C(=O)c3ccc4sc(N)nc4c3)CC2)n1.O=C(O)C(F)(F)F.O=C(O)C(F)(F)F. The highest BCUT2D eigenvalue weighted by atomic mass is 32.1. The van der Waals surface area contributed by atoms with E-state index >= 15 is 0 Å². The van der Waals surface area contributed by atoms with Crippen LogP contribution in [0, 0.1) is 13.8 Å². The Bertz CT molecular complexity index is 1350. The van der Waals surface area contributed by atoms with Crippen LogP contribution in [0.25, 0.3) is 10.2 Å². The maximum atomic E-state index is 12.8. The van der Waals surface area contributed by atoms with Gasteiger partial charge >= 0.3 is 24.3 Å². The van der Waals surface area contributed by atoms with Crippen LogP contribution in [0.3, 0.4) is 0 Å². The van der Waals surface area contributed by atoms with Crippen LogP contribution in [-0.4, -0.2) is 86.4 Å². The fourth-order valence-electron chi connectivity index (χ4n) is 3.21. The van der Waals surface area contributed by atoms with E-state index < -0.39 is 24.3 Å². The first kappa shape index (κ1) is 32.0. The molecule has 2 aromatic heterocycles. The Hall–Kier alpha value is -4.22. The normalized spacial score (nSPS) is 13.6. The lowest BCUT2D eigenvalue weighted by molar-refractivity contribution is -0.193. The number of aliphatic carboxylic acids is 2. The third-order valence-corrected chi connectivity index (χ3v) is 5.92. The molecule has 18 heteroatoms. The molecule has 1 aromatic carbocycles. The summed E-state index contributed by atoms with van der Waals surface area (Å²) >= 11 is 1.43. The number of fused-ring (bicyclic) bond motifs is 1. The number of amides is 1. The number of alkyl halides is 6. The summed E-state index contributed by atoms with van der Waals surface area (Å²) in [4.78, 5) is 48.0. The highest BCUT2D eigenvalue weighted by Crippen LogP contribution is 2.25. The van der Waals surface area contributed by atoms with Crippen LogP contribution in [0.2, 0.25) is 0 Å². The van der Waals surface area contributed by atoms with Gasteiger partial charge < -0.3 is 25.7 Å². The van der Waals surface area contributed by atoms with E-state index in [-0.39, 0.29) is 5.91 Å². The van der Waals surface area contributed by atoms with E-state index in [1.807, 2.05) is 36.9 Å². The molecule has 0 aliphatic carbocycles. The number of hydrogen-bond donors (Lipinski definition) is 3. The number of carboxylic acids is 2. The zero-order valence-corrected chi connectivity index (χ0v) is 21.6. The van der Waals surface area contributed by atoms with Crippen molar-refractivity contribution in [2.45, 2.75) is 26.2 Å². The van der Waals surface area contributed by atoms with Gasteiger partial charge in [-0.15, -0.1) is 0 Å². The number of nitrogens with zero attached hydrogens (tertiary/aromatic N) is 5. The number of carbonyl (C=O) groups is 3. The molecule has 0 radical (unpaired) electrons. The first-order chi connectivity index (χ1) is 18.4. The van der Waals surface area contributed by atoms with Gasteiger partial charge in [-0.05, 0) is 32.0 Å². The lowest BCUT2D eigenvalue weighted by Gasteiger charge is -2.36. The quantitative estimate of drug-likeness (QED) is 0.373. The lowest BCUT2D eigenvalue weighted by atomic mass is 10.1. The Morgan fingerprint density at radius 1 is 0.925 bits per heavy atom. The molecule has 1 aliphatic rings. The monoisotopic (exact) mass is 596 g/mol. The first-order valence-electron chi connectivity index (χ1n) is 11.0. The summed E-state index contributed by atoms with van der Waals surface area (Å²) in [6.07, 6.45) is -8.39. The number of aromatic nitrogens is 3. The van der Waals surface area contributed by atoms with E-state index in [2.05, 4.69) is 19.9 Å². The number of aryl methyl sites for hydroxylation is 2. The zero-order chi connectivity index (χ0) is 30.4. The average molecular weight is 597 g/mol. The molecule has 3 heterocycles. The van der Waals surface area contributed by atoms with Gasteiger partial charge in [-0.1, -0.05) is 11.3 Å². The molecule has 0 saturated carbocycles. The number of thiazole rings is 1. The van der Waals surface area contributed by atoms with Gasteiger partial charge in [0, 0.05) is 37.9 Å². The number of nitrogens with two attached hydrogens (primary N) is 1. The molecule has 11 nitrogen and oxygen atoms in total. The largest absolute Gasteiger partial charge is 0.490 e. The number of halogens is 6. The number of hydrogen-bond acceptors (Lipinski definition) is 9. The molecule has 1 amide bonds. The molecule has 40 heavy (non-hydrogen) atoms. The van der Waals surface area contributed by atoms with E-state index in [4.69, 9.17) is 25.5 Å². The number of carbonyl (C=O) groups excluding carboxylic acids is 1. The van der Waals surface area contributed by atoms with Crippen LogP contribution in [0.1, 0.15) is 21.7 Å². The van der Waals surface area contributed by atoms with Crippen molar-refractivity contribution in [1.82, 2.24) is 19.9 Å². The third-order valence-electron chi connectivity index (χ3n) is 5.05. The minimum Gasteiger partial charge on any atom is -0.475 e. The zero-order valence-electron chi connectivity index (χ0n) is 20.7. The first-order valence-corrected chi connectivity index (χ1v) is 11.8. The molecule has 1 fully saturated rings. The van der Waals surface area contributed by atoms with Crippen molar-refractivity contribution in [3.8, 4) is 0 Å². The Kier molecular flexibility index (Phi) is 10.2. The van der Waals surface area contributed by atoms with Crippen LogP contribution < -0.4 is 10.6 Å². The summed E-state index contributed by atoms with van der Waals surface area (Å²) in [5.74, 6) is -4.57. The molecule has 0 spiro atoms. The van der Waals surface area contributed by atoms with Crippen LogP contribution in [0.4, 0.5) is 37.3 Å². The van der Waals surface area contributed by atoms with E-state index in [0.717, 1.165) is 40.5 Å². The van der Waals surface area contributed by atoms with Crippen molar-refractivity contribution in [2.75, 3.05) is 36.8 Å². The molecule has 0 bridgehead atoms. The van der Waals surface area contributed by atoms with Gasteiger partial charge in [0.1, 0.15) is 5.82 Å². The summed E-state index contributed by atoms with van der Waals surface area (Å²) in [7, 11) is 0. The van der Waals surface area contributed by atoms with Gasteiger partial charge in [-0.25, -0.2) is 19.6 Å². The van der Waals surface area contributed by atoms with Crippen molar-refractivity contribution < 1.29 is 50.9 Å². The van der Waals surface area contributed by atoms with Gasteiger partial charge in [0.15, 0.2) is 5.13 Å². The van der Waals surface area contributed by atoms with Gasteiger partial charge in [-0.3, -0.25) is 9.78 Å². The standard InChI is InChI=1S/C18H20N6OS.2C2HF3O2/c1-11-10-20-12(2)16(21-11)23-5-7-24(8-6-23)17(25)13-3-4-15-14(9-13)22-18(19)26-15;2*3-2(4,5)1(6)7/h3-4,9-10H,5-8H2,1-2H3,(H2,19,22);2*(H,6,7). The minimum absolute atomic E-state index is 0.0326. The molecular weight excluding hydrogens is 574 g/mol. The maximum absolute atomic E-state index is 12.8. The number of piperazine rings is 1. The number of anilines is 2. The van der Waals surface area contributed by atoms with Gasteiger partial charge in [0.05, 0.1) is 21.6 Å². The van der Waals surface area contributed by atoms with E-state index in [1.54, 1.807) is 6.20 Å². The molecule has 0 atom stereocenters. The molecule has 4 N–H and O–H groups in total. The average Bonchev–Trinajstić information content (AvgIpc) is 3.24. The van der Waals surface area contributed by atoms with Crippen LogP contribution >= 0.6 is 11.3 Å². The summed E-state index contributed by atoms with van der Waals surface area (Å²) in [6.45, 7) is 6.72. The van der Waals surface area contributed by atoms with Crippen LogP contribution in [-0.2, 0) is 9.59 Å². The molecule has 3 aromatic rings. The fourth-order valence-corrected chi connectivity index (χ4v) is 3.92. The van der Waals surface area contributed by atoms with Gasteiger partial charge in [-0.2, -0.15) is 26.3 Å². The number of rotatable bonds is 2. The van der Waals surface area contributed by atoms with Crippen molar-refractivity contribution in [2.24, 2.45) is 0 Å². The Morgan fingerprint density at radius 3 is 1.95 bits per heavy atom. The van der Waals surface area contributed by atoms with Crippen molar-refractivity contribution in [1.29, 1.82) is 0 Å². The van der Waals surface area contributed by atoms with Crippen molar-refractivity contribution in [3.05, 3.63) is 41.3 Å². The molecular formula is C22H22F6N6O5S. The van der Waals surface area contributed by atoms with Gasteiger partial charge in [0.25, 0.3) is 5.91 Å². The second-order valence-electron chi connectivity index (χ2n) is 8.04. The Labute approximate surface area is 225 Å². The predicted octanol–water partition coefficient (Wildman–Crippen LogP) is 3.51. The molecule has 1 saturated heterocycles. The Balaban J connectivity index is 0.000000333. The second-order valence-corrected chi connectivity index (χ2v) is 9.10. The highest BCUT2D eigenvalue weighted by molar-refractivity contribution is 7.22. The van der Waals surface area contributed by atoms with Crippen molar-refractivity contribution >= 4 is 50.3 Å². The number of benzene rings is 1. The maximum Gasteiger partial charge on any atom is 0.490 e. The molecule has 1 aliphatic heterocycles. The summed E-state index contributed by atoms with van der Waals surface area (Å²) in [5, 5.41) is 14.8. The molecule has 4 rings (SSSR count). The minimum atomic E-state index is -5.08. The number of carboxylic acid groups (broad SMARTS) is 2. The Morgan fingerprint density at radius 2 is 1.45 bits per heavy atom. The summed E-state index contributed by atoms with van der Waals surface area (Å²) in [6, 6.07) is 5.59. The van der Waals surface area contributed by atoms with E-state index in [0.29, 0.717) is 23.8 Å². The smallest absolute Gasteiger partial charge is 0.475 e. The van der Waals surface area contributed by atoms with Crippen LogP contribution in [0.5, 0.6) is 0 Å².